The molecular weight excluding hydrogens is 332 g/mol. The van der Waals surface area contributed by atoms with Crippen LogP contribution in [0.5, 0.6) is 11.5 Å². The van der Waals surface area contributed by atoms with Crippen LogP contribution in [0.1, 0.15) is 10.4 Å². The van der Waals surface area contributed by atoms with E-state index in [1.54, 1.807) is 43.4 Å². The van der Waals surface area contributed by atoms with E-state index in [1.807, 2.05) is 0 Å². The fourth-order valence-electron chi connectivity index (χ4n) is 2.43. The summed E-state index contributed by atoms with van der Waals surface area (Å²) in [5, 5.41) is 3.16. The first-order valence-electron chi connectivity index (χ1n) is 7.18. The van der Waals surface area contributed by atoms with Crippen molar-refractivity contribution < 1.29 is 19.1 Å². The number of methoxy groups -OCH3 is 1. The van der Waals surface area contributed by atoms with Gasteiger partial charge < -0.3 is 19.7 Å². The SMILES string of the molecule is COc1ccc(NC(=O)c2cccc3c2OCC(=O)N3C)cc1Cl. The number of halogens is 1. The second kappa shape index (κ2) is 6.41. The van der Waals surface area contributed by atoms with Gasteiger partial charge in [-0.15, -0.1) is 0 Å². The van der Waals surface area contributed by atoms with E-state index in [2.05, 4.69) is 5.32 Å². The molecule has 3 rings (SSSR count). The number of fused-ring (bicyclic) bond motifs is 1. The van der Waals surface area contributed by atoms with Gasteiger partial charge in [0.2, 0.25) is 0 Å². The Balaban J connectivity index is 1.89. The first kappa shape index (κ1) is 16.1. The second-order valence-corrected chi connectivity index (χ2v) is 5.61. The zero-order valence-electron chi connectivity index (χ0n) is 13.1. The highest BCUT2D eigenvalue weighted by molar-refractivity contribution is 6.32. The van der Waals surface area contributed by atoms with Crippen molar-refractivity contribution in [3.8, 4) is 11.5 Å². The average Bonchev–Trinajstić information content (AvgIpc) is 2.58. The molecule has 0 saturated heterocycles. The molecule has 0 radical (unpaired) electrons. The standard InChI is InChI=1S/C17H15ClN2O4/c1-20-13-5-3-4-11(16(13)24-9-15(20)21)17(22)19-10-6-7-14(23-2)12(18)8-10/h3-8H,9H2,1-2H3,(H,19,22). The Morgan fingerprint density at radius 3 is 2.83 bits per heavy atom. The molecule has 6 nitrogen and oxygen atoms in total. The van der Waals surface area contributed by atoms with Crippen molar-refractivity contribution in [1.82, 2.24) is 0 Å². The van der Waals surface area contributed by atoms with Crippen molar-refractivity contribution in [2.24, 2.45) is 0 Å². The van der Waals surface area contributed by atoms with Gasteiger partial charge in [-0.1, -0.05) is 17.7 Å². The number of para-hydroxylation sites is 1. The lowest BCUT2D eigenvalue weighted by molar-refractivity contribution is -0.121. The van der Waals surface area contributed by atoms with E-state index in [9.17, 15) is 9.59 Å². The Labute approximate surface area is 143 Å². The maximum Gasteiger partial charge on any atom is 0.264 e. The Bertz CT molecular complexity index is 822. The van der Waals surface area contributed by atoms with E-state index in [0.29, 0.717) is 33.5 Å². The summed E-state index contributed by atoms with van der Waals surface area (Å²) in [6.45, 7) is -0.0951. The average molecular weight is 347 g/mol. The summed E-state index contributed by atoms with van der Waals surface area (Å²) >= 11 is 6.06. The summed E-state index contributed by atoms with van der Waals surface area (Å²) in [6, 6.07) is 10.0. The maximum absolute atomic E-state index is 12.6. The van der Waals surface area contributed by atoms with Crippen molar-refractivity contribution in [2.75, 3.05) is 31.0 Å². The highest BCUT2D eigenvalue weighted by Crippen LogP contribution is 2.35. The van der Waals surface area contributed by atoms with Crippen molar-refractivity contribution in [2.45, 2.75) is 0 Å². The third-order valence-corrected chi connectivity index (χ3v) is 4.02. The predicted molar refractivity (Wildman–Crippen MR) is 91.3 cm³/mol. The Morgan fingerprint density at radius 1 is 1.33 bits per heavy atom. The number of benzene rings is 2. The van der Waals surface area contributed by atoms with Crippen LogP contribution in [-0.4, -0.2) is 32.6 Å². The molecule has 7 heteroatoms. The Kier molecular flexibility index (Phi) is 4.31. The van der Waals surface area contributed by atoms with Crippen molar-refractivity contribution in [3.05, 3.63) is 47.0 Å². The van der Waals surface area contributed by atoms with Gasteiger partial charge in [-0.3, -0.25) is 9.59 Å². The number of nitrogens with one attached hydrogen (secondary N) is 1. The molecule has 1 aliphatic rings. The number of rotatable bonds is 3. The molecule has 24 heavy (non-hydrogen) atoms. The number of hydrogen-bond acceptors (Lipinski definition) is 4. The first-order chi connectivity index (χ1) is 11.5. The summed E-state index contributed by atoms with van der Waals surface area (Å²) in [4.78, 5) is 25.7. The molecule has 0 fully saturated rings. The number of ether oxygens (including phenoxy) is 2. The highest BCUT2D eigenvalue weighted by Gasteiger charge is 2.26. The normalized spacial score (nSPS) is 13.1. The number of likely N-dealkylation sites (N-methyl/N-ethyl adjacent to an activating group) is 1. The molecule has 0 spiro atoms. The van der Waals surface area contributed by atoms with E-state index in [-0.39, 0.29) is 18.4 Å². The van der Waals surface area contributed by atoms with Gasteiger partial charge in [0.15, 0.2) is 12.4 Å². The van der Waals surface area contributed by atoms with Gasteiger partial charge in [0.25, 0.3) is 11.8 Å². The van der Waals surface area contributed by atoms with Crippen LogP contribution in [0, 0.1) is 0 Å². The summed E-state index contributed by atoms with van der Waals surface area (Å²) in [5.41, 5.74) is 1.44. The molecule has 0 aliphatic carbocycles. The highest BCUT2D eigenvalue weighted by atomic mass is 35.5. The first-order valence-corrected chi connectivity index (χ1v) is 7.56. The topological polar surface area (TPSA) is 67.9 Å². The van der Waals surface area contributed by atoms with Crippen LogP contribution in [0.25, 0.3) is 0 Å². The fraction of sp³-hybridized carbons (Fsp3) is 0.176. The molecule has 0 atom stereocenters. The van der Waals surface area contributed by atoms with Crippen LogP contribution >= 0.6 is 11.6 Å². The van der Waals surface area contributed by atoms with E-state index < -0.39 is 0 Å². The molecule has 2 amide bonds. The minimum atomic E-state index is -0.351. The van der Waals surface area contributed by atoms with E-state index >= 15 is 0 Å². The molecule has 2 aromatic carbocycles. The number of amides is 2. The smallest absolute Gasteiger partial charge is 0.264 e. The van der Waals surface area contributed by atoms with Crippen molar-refractivity contribution in [1.29, 1.82) is 0 Å². The lowest BCUT2D eigenvalue weighted by Gasteiger charge is -2.27. The number of nitrogens with zero attached hydrogens (tertiary/aromatic N) is 1. The molecule has 0 aromatic heterocycles. The number of anilines is 2. The van der Waals surface area contributed by atoms with Gasteiger partial charge in [0, 0.05) is 12.7 Å². The predicted octanol–water partition coefficient (Wildman–Crippen LogP) is 2.96. The summed E-state index contributed by atoms with van der Waals surface area (Å²) in [7, 11) is 3.17. The lowest BCUT2D eigenvalue weighted by Crippen LogP contribution is -2.36. The van der Waals surface area contributed by atoms with Crippen LogP contribution < -0.4 is 19.7 Å². The summed E-state index contributed by atoms with van der Waals surface area (Å²) in [5.74, 6) is 0.393. The zero-order chi connectivity index (χ0) is 17.3. The third kappa shape index (κ3) is 2.88. The summed E-state index contributed by atoms with van der Waals surface area (Å²) < 4.78 is 10.5. The van der Waals surface area contributed by atoms with Gasteiger partial charge in [-0.25, -0.2) is 0 Å². The van der Waals surface area contributed by atoms with Crippen molar-refractivity contribution >= 4 is 34.8 Å². The Morgan fingerprint density at radius 2 is 2.12 bits per heavy atom. The quantitative estimate of drug-likeness (QED) is 0.927. The molecule has 1 heterocycles. The van der Waals surface area contributed by atoms with Crippen LogP contribution in [0.4, 0.5) is 11.4 Å². The van der Waals surface area contributed by atoms with Gasteiger partial charge in [-0.2, -0.15) is 0 Å². The van der Waals surface area contributed by atoms with Crippen molar-refractivity contribution in [3.63, 3.8) is 0 Å². The van der Waals surface area contributed by atoms with E-state index in [1.165, 1.54) is 12.0 Å². The maximum atomic E-state index is 12.6. The van der Waals surface area contributed by atoms with E-state index in [0.717, 1.165) is 0 Å². The Hall–Kier alpha value is -2.73. The number of hydrogen-bond donors (Lipinski definition) is 1. The second-order valence-electron chi connectivity index (χ2n) is 5.20. The largest absolute Gasteiger partial charge is 0.495 e. The van der Waals surface area contributed by atoms with Gasteiger partial charge in [0.1, 0.15) is 5.75 Å². The van der Waals surface area contributed by atoms with Gasteiger partial charge in [-0.05, 0) is 30.3 Å². The summed E-state index contributed by atoms with van der Waals surface area (Å²) in [6.07, 6.45) is 0. The molecule has 0 bridgehead atoms. The van der Waals surface area contributed by atoms with Crippen LogP contribution in [-0.2, 0) is 4.79 Å². The minimum Gasteiger partial charge on any atom is -0.495 e. The van der Waals surface area contributed by atoms with Crippen LogP contribution in [0.2, 0.25) is 5.02 Å². The van der Waals surface area contributed by atoms with Gasteiger partial charge in [0.05, 0.1) is 23.4 Å². The molecule has 0 unspecified atom stereocenters. The van der Waals surface area contributed by atoms with E-state index in [4.69, 9.17) is 21.1 Å². The lowest BCUT2D eigenvalue weighted by atomic mass is 10.1. The number of carbonyl (C=O) groups is 2. The van der Waals surface area contributed by atoms with Crippen LogP contribution in [0.3, 0.4) is 0 Å². The third-order valence-electron chi connectivity index (χ3n) is 3.72. The monoisotopic (exact) mass is 346 g/mol. The molecule has 2 aromatic rings. The molecule has 0 saturated carbocycles. The minimum absolute atomic E-state index is 0.0951. The zero-order valence-corrected chi connectivity index (χ0v) is 13.9. The molecule has 1 aliphatic heterocycles. The van der Waals surface area contributed by atoms with Gasteiger partial charge >= 0.3 is 0 Å². The molecule has 124 valence electrons. The fourth-order valence-corrected chi connectivity index (χ4v) is 2.68. The van der Waals surface area contributed by atoms with Crippen LogP contribution in [0.15, 0.2) is 36.4 Å². The molecule has 1 N–H and O–H groups in total. The number of carbonyl (C=O) groups excluding carboxylic acids is 2. The molecular formula is C17H15ClN2O4.